The van der Waals surface area contributed by atoms with E-state index in [2.05, 4.69) is 10.3 Å². The van der Waals surface area contributed by atoms with Crippen molar-refractivity contribution in [1.82, 2.24) is 4.98 Å². The summed E-state index contributed by atoms with van der Waals surface area (Å²) >= 11 is 6.08. The smallest absolute Gasteiger partial charge is 0.243 e. The van der Waals surface area contributed by atoms with Crippen LogP contribution in [-0.2, 0) is 4.79 Å². The summed E-state index contributed by atoms with van der Waals surface area (Å²) in [5.41, 5.74) is 6.06. The van der Waals surface area contributed by atoms with Gasteiger partial charge in [-0.2, -0.15) is 0 Å². The van der Waals surface area contributed by atoms with Crippen LogP contribution in [0.4, 0.5) is 5.69 Å². The number of carbonyl (C=O) groups is 1. The van der Waals surface area contributed by atoms with E-state index < -0.39 is 5.54 Å². The zero-order valence-electron chi connectivity index (χ0n) is 10.2. The van der Waals surface area contributed by atoms with E-state index in [9.17, 15) is 4.79 Å². The minimum atomic E-state index is -0.944. The van der Waals surface area contributed by atoms with E-state index in [1.807, 2.05) is 6.07 Å². The van der Waals surface area contributed by atoms with Crippen LogP contribution in [0.1, 0.15) is 13.8 Å². The van der Waals surface area contributed by atoms with Gasteiger partial charge in [-0.05, 0) is 38.1 Å². The standard InChI is InChI=1S/C13H14ClN3O/c1-13(2,15)12(18)17-10-6-5-9(14)8-4-3-7-16-11(8)10/h3-7H,15H2,1-2H3,(H,17,18). The summed E-state index contributed by atoms with van der Waals surface area (Å²) in [5, 5.41) is 4.17. The number of benzene rings is 1. The number of nitrogens with two attached hydrogens (primary N) is 1. The van der Waals surface area contributed by atoms with E-state index in [0.29, 0.717) is 16.2 Å². The van der Waals surface area contributed by atoms with E-state index in [4.69, 9.17) is 17.3 Å². The molecule has 0 bridgehead atoms. The number of halogens is 1. The Morgan fingerprint density at radius 2 is 2.11 bits per heavy atom. The van der Waals surface area contributed by atoms with Crippen molar-refractivity contribution >= 4 is 34.1 Å². The predicted octanol–water partition coefficient (Wildman–Crippen LogP) is 2.56. The molecule has 3 N–H and O–H groups in total. The van der Waals surface area contributed by atoms with Crippen molar-refractivity contribution in [1.29, 1.82) is 0 Å². The van der Waals surface area contributed by atoms with Gasteiger partial charge in [0.2, 0.25) is 5.91 Å². The van der Waals surface area contributed by atoms with Crippen molar-refractivity contribution in [3.63, 3.8) is 0 Å². The van der Waals surface area contributed by atoms with Gasteiger partial charge in [0.15, 0.2) is 0 Å². The molecule has 0 atom stereocenters. The van der Waals surface area contributed by atoms with Crippen molar-refractivity contribution in [2.45, 2.75) is 19.4 Å². The van der Waals surface area contributed by atoms with Crippen LogP contribution in [0.25, 0.3) is 10.9 Å². The Morgan fingerprint density at radius 1 is 1.39 bits per heavy atom. The lowest BCUT2D eigenvalue weighted by molar-refractivity contribution is -0.120. The second kappa shape index (κ2) is 4.55. The quantitative estimate of drug-likeness (QED) is 0.875. The van der Waals surface area contributed by atoms with Gasteiger partial charge >= 0.3 is 0 Å². The molecule has 94 valence electrons. The summed E-state index contributed by atoms with van der Waals surface area (Å²) < 4.78 is 0. The molecular weight excluding hydrogens is 250 g/mol. The highest BCUT2D eigenvalue weighted by molar-refractivity contribution is 6.36. The average molecular weight is 264 g/mol. The first-order chi connectivity index (χ1) is 8.39. The van der Waals surface area contributed by atoms with Crippen molar-refractivity contribution in [3.8, 4) is 0 Å². The number of anilines is 1. The second-order valence-electron chi connectivity index (χ2n) is 4.67. The molecule has 5 heteroatoms. The van der Waals surface area contributed by atoms with Gasteiger partial charge in [0.1, 0.15) is 0 Å². The lowest BCUT2D eigenvalue weighted by Crippen LogP contribution is -2.45. The lowest BCUT2D eigenvalue weighted by Gasteiger charge is -2.18. The highest BCUT2D eigenvalue weighted by Crippen LogP contribution is 2.28. The maximum atomic E-state index is 11.9. The molecule has 0 fully saturated rings. The van der Waals surface area contributed by atoms with Gasteiger partial charge in [0, 0.05) is 11.6 Å². The molecule has 1 aromatic carbocycles. The van der Waals surface area contributed by atoms with E-state index in [1.165, 1.54) is 0 Å². The number of hydrogen-bond acceptors (Lipinski definition) is 3. The molecule has 2 rings (SSSR count). The molecule has 4 nitrogen and oxygen atoms in total. The zero-order valence-corrected chi connectivity index (χ0v) is 11.0. The number of amides is 1. The number of nitrogens with one attached hydrogen (secondary N) is 1. The number of nitrogens with zero attached hydrogens (tertiary/aromatic N) is 1. The van der Waals surface area contributed by atoms with Crippen molar-refractivity contribution in [3.05, 3.63) is 35.5 Å². The van der Waals surface area contributed by atoms with Crippen LogP contribution in [0.3, 0.4) is 0 Å². The van der Waals surface area contributed by atoms with Crippen molar-refractivity contribution < 1.29 is 4.79 Å². The van der Waals surface area contributed by atoms with Crippen LogP contribution in [0.15, 0.2) is 30.5 Å². The van der Waals surface area contributed by atoms with Gasteiger partial charge < -0.3 is 11.1 Å². The Labute approximate surface area is 110 Å². The fourth-order valence-corrected chi connectivity index (χ4v) is 1.74. The van der Waals surface area contributed by atoms with E-state index in [0.717, 1.165) is 5.39 Å². The molecule has 0 radical (unpaired) electrons. The molecular formula is C13H14ClN3O. The monoisotopic (exact) mass is 263 g/mol. The first kappa shape index (κ1) is 12.8. The van der Waals surface area contributed by atoms with Crippen molar-refractivity contribution in [2.75, 3.05) is 5.32 Å². The van der Waals surface area contributed by atoms with Crippen molar-refractivity contribution in [2.24, 2.45) is 5.73 Å². The first-order valence-electron chi connectivity index (χ1n) is 5.53. The van der Waals surface area contributed by atoms with Crippen LogP contribution < -0.4 is 11.1 Å². The van der Waals surface area contributed by atoms with Gasteiger partial charge in [-0.15, -0.1) is 0 Å². The fraction of sp³-hybridized carbons (Fsp3) is 0.231. The average Bonchev–Trinajstić information content (AvgIpc) is 2.32. The number of fused-ring (bicyclic) bond motifs is 1. The summed E-state index contributed by atoms with van der Waals surface area (Å²) in [4.78, 5) is 16.1. The maximum absolute atomic E-state index is 11.9. The highest BCUT2D eigenvalue weighted by atomic mass is 35.5. The number of aromatic nitrogens is 1. The summed E-state index contributed by atoms with van der Waals surface area (Å²) in [6, 6.07) is 7.10. The first-order valence-corrected chi connectivity index (χ1v) is 5.91. The number of hydrogen-bond donors (Lipinski definition) is 2. The summed E-state index contributed by atoms with van der Waals surface area (Å²) in [6.45, 7) is 3.29. The molecule has 0 spiro atoms. The maximum Gasteiger partial charge on any atom is 0.243 e. The zero-order chi connectivity index (χ0) is 13.3. The van der Waals surface area contributed by atoms with Gasteiger partial charge in [0.05, 0.1) is 21.8 Å². The normalized spacial score (nSPS) is 11.6. The number of carbonyl (C=O) groups excluding carboxylic acids is 1. The molecule has 18 heavy (non-hydrogen) atoms. The Hall–Kier alpha value is -1.65. The van der Waals surface area contributed by atoms with E-state index in [1.54, 1.807) is 38.2 Å². The minimum absolute atomic E-state index is 0.267. The molecule has 0 unspecified atom stereocenters. The molecule has 0 aliphatic heterocycles. The van der Waals surface area contributed by atoms with E-state index >= 15 is 0 Å². The van der Waals surface area contributed by atoms with Crippen LogP contribution >= 0.6 is 11.6 Å². The van der Waals surface area contributed by atoms with Gasteiger partial charge in [-0.3, -0.25) is 9.78 Å². The fourth-order valence-electron chi connectivity index (χ4n) is 1.52. The molecule has 0 aliphatic rings. The van der Waals surface area contributed by atoms with Gasteiger partial charge in [0.25, 0.3) is 0 Å². The Balaban J connectivity index is 2.47. The third kappa shape index (κ3) is 2.44. The third-order valence-electron chi connectivity index (χ3n) is 2.55. The molecule has 2 aromatic rings. The molecule has 0 saturated heterocycles. The molecule has 1 heterocycles. The predicted molar refractivity (Wildman–Crippen MR) is 73.6 cm³/mol. The lowest BCUT2D eigenvalue weighted by atomic mass is 10.1. The molecule has 1 aromatic heterocycles. The topological polar surface area (TPSA) is 68.0 Å². The van der Waals surface area contributed by atoms with Crippen LogP contribution in [0.5, 0.6) is 0 Å². The summed E-state index contributed by atoms with van der Waals surface area (Å²) in [6.07, 6.45) is 1.65. The Morgan fingerprint density at radius 3 is 2.78 bits per heavy atom. The molecule has 1 amide bonds. The largest absolute Gasteiger partial charge is 0.323 e. The molecule has 0 aliphatic carbocycles. The summed E-state index contributed by atoms with van der Waals surface area (Å²) in [7, 11) is 0. The third-order valence-corrected chi connectivity index (χ3v) is 2.88. The van der Waals surface area contributed by atoms with E-state index in [-0.39, 0.29) is 5.91 Å². The Bertz CT molecular complexity index is 605. The van der Waals surface area contributed by atoms with Crippen LogP contribution in [-0.4, -0.2) is 16.4 Å². The summed E-state index contributed by atoms with van der Waals surface area (Å²) in [5.74, 6) is -0.267. The molecule has 0 saturated carbocycles. The van der Waals surface area contributed by atoms with Crippen LogP contribution in [0.2, 0.25) is 5.02 Å². The van der Waals surface area contributed by atoms with Gasteiger partial charge in [-0.25, -0.2) is 0 Å². The Kier molecular flexibility index (Phi) is 3.24. The minimum Gasteiger partial charge on any atom is -0.323 e. The van der Waals surface area contributed by atoms with Gasteiger partial charge in [-0.1, -0.05) is 11.6 Å². The second-order valence-corrected chi connectivity index (χ2v) is 5.08. The highest BCUT2D eigenvalue weighted by Gasteiger charge is 2.22. The number of rotatable bonds is 2. The number of pyridine rings is 1. The SMILES string of the molecule is CC(C)(N)C(=O)Nc1ccc(Cl)c2cccnc12. The van der Waals surface area contributed by atoms with Crippen LogP contribution in [0, 0.1) is 0 Å².